The molecule has 0 aliphatic heterocycles. The first kappa shape index (κ1) is 13.6. The van der Waals surface area contributed by atoms with Crippen molar-refractivity contribution in [3.8, 4) is 0 Å². The minimum Gasteiger partial charge on any atom is -0.330 e. The molecular formula is C14H23NS. The summed E-state index contributed by atoms with van der Waals surface area (Å²) in [6, 6.07) is 4.55. The fourth-order valence-electron chi connectivity index (χ4n) is 1.87. The van der Waals surface area contributed by atoms with Gasteiger partial charge in [0.2, 0.25) is 0 Å². The van der Waals surface area contributed by atoms with Gasteiger partial charge in [0.05, 0.1) is 0 Å². The normalized spacial score (nSPS) is 12.8. The molecule has 0 fully saturated rings. The van der Waals surface area contributed by atoms with Crippen LogP contribution in [0.25, 0.3) is 0 Å². The van der Waals surface area contributed by atoms with E-state index in [-0.39, 0.29) is 0 Å². The van der Waals surface area contributed by atoms with Crippen LogP contribution >= 0.6 is 11.8 Å². The van der Waals surface area contributed by atoms with Gasteiger partial charge < -0.3 is 5.73 Å². The number of aryl methyl sites for hydroxylation is 3. The van der Waals surface area contributed by atoms with E-state index in [1.54, 1.807) is 0 Å². The molecule has 0 aliphatic carbocycles. The van der Waals surface area contributed by atoms with Gasteiger partial charge in [-0.1, -0.05) is 24.6 Å². The lowest BCUT2D eigenvalue weighted by molar-refractivity contribution is 0.675. The zero-order chi connectivity index (χ0) is 12.1. The van der Waals surface area contributed by atoms with Crippen LogP contribution < -0.4 is 5.73 Å². The highest BCUT2D eigenvalue weighted by molar-refractivity contribution is 7.98. The molecule has 0 amide bonds. The van der Waals surface area contributed by atoms with E-state index in [0.29, 0.717) is 5.92 Å². The Kier molecular flexibility index (Phi) is 5.36. The highest BCUT2D eigenvalue weighted by atomic mass is 32.2. The highest BCUT2D eigenvalue weighted by Gasteiger charge is 2.05. The second-order valence-corrected chi connectivity index (χ2v) is 5.76. The Morgan fingerprint density at radius 1 is 1.19 bits per heavy atom. The lowest BCUT2D eigenvalue weighted by Crippen LogP contribution is -2.12. The molecule has 16 heavy (non-hydrogen) atoms. The van der Waals surface area contributed by atoms with E-state index in [1.807, 2.05) is 11.8 Å². The minimum atomic E-state index is 0.621. The standard InChI is InChI=1S/C14H23NS/c1-10-5-12(3)14(13(4)6-10)9-16-8-11(2)7-15/h5-6,11H,7-9,15H2,1-4H3. The maximum atomic E-state index is 5.62. The molecule has 1 nitrogen and oxygen atoms in total. The van der Waals surface area contributed by atoms with Gasteiger partial charge in [-0.3, -0.25) is 0 Å². The van der Waals surface area contributed by atoms with Crippen LogP contribution in [-0.2, 0) is 5.75 Å². The molecular weight excluding hydrogens is 214 g/mol. The molecule has 0 spiro atoms. The molecule has 1 aromatic carbocycles. The Labute approximate surface area is 104 Å². The molecule has 1 atom stereocenters. The molecule has 0 aliphatic rings. The molecule has 0 saturated heterocycles. The van der Waals surface area contributed by atoms with Crippen molar-refractivity contribution in [3.05, 3.63) is 34.4 Å². The van der Waals surface area contributed by atoms with E-state index in [0.717, 1.165) is 18.1 Å². The molecule has 1 unspecified atom stereocenters. The van der Waals surface area contributed by atoms with Crippen molar-refractivity contribution in [2.45, 2.75) is 33.4 Å². The predicted octanol–water partition coefficient (Wildman–Crippen LogP) is 3.44. The summed E-state index contributed by atoms with van der Waals surface area (Å²) in [7, 11) is 0. The number of rotatable bonds is 5. The van der Waals surface area contributed by atoms with Gasteiger partial charge in [0.1, 0.15) is 0 Å². The van der Waals surface area contributed by atoms with Gasteiger partial charge in [-0.15, -0.1) is 0 Å². The molecule has 90 valence electrons. The minimum absolute atomic E-state index is 0.621. The van der Waals surface area contributed by atoms with Gasteiger partial charge in [0, 0.05) is 5.75 Å². The lowest BCUT2D eigenvalue weighted by atomic mass is 10.0. The van der Waals surface area contributed by atoms with Crippen molar-refractivity contribution >= 4 is 11.8 Å². The van der Waals surface area contributed by atoms with Crippen LogP contribution in [-0.4, -0.2) is 12.3 Å². The van der Waals surface area contributed by atoms with Crippen LogP contribution in [0, 0.1) is 26.7 Å². The summed E-state index contributed by atoms with van der Waals surface area (Å²) in [5.74, 6) is 2.89. The molecule has 0 heterocycles. The second kappa shape index (κ2) is 6.31. The van der Waals surface area contributed by atoms with Crippen molar-refractivity contribution in [1.29, 1.82) is 0 Å². The van der Waals surface area contributed by atoms with Crippen molar-refractivity contribution in [3.63, 3.8) is 0 Å². The van der Waals surface area contributed by atoms with Gasteiger partial charge in [-0.05, 0) is 55.7 Å². The molecule has 2 N–H and O–H groups in total. The summed E-state index contributed by atoms with van der Waals surface area (Å²) in [6.07, 6.45) is 0. The third kappa shape index (κ3) is 3.84. The smallest absolute Gasteiger partial charge is 0.0189 e. The Morgan fingerprint density at radius 2 is 1.75 bits per heavy atom. The van der Waals surface area contributed by atoms with Crippen LogP contribution in [0.2, 0.25) is 0 Å². The maximum Gasteiger partial charge on any atom is 0.0189 e. The maximum absolute atomic E-state index is 5.62. The van der Waals surface area contributed by atoms with E-state index in [2.05, 4.69) is 39.8 Å². The lowest BCUT2D eigenvalue weighted by Gasteiger charge is -2.12. The van der Waals surface area contributed by atoms with Crippen LogP contribution in [0.4, 0.5) is 0 Å². The Bertz CT molecular complexity index is 324. The Balaban J connectivity index is 2.60. The van der Waals surface area contributed by atoms with Gasteiger partial charge >= 0.3 is 0 Å². The van der Waals surface area contributed by atoms with Crippen molar-refractivity contribution in [2.75, 3.05) is 12.3 Å². The first-order valence-electron chi connectivity index (χ1n) is 5.89. The SMILES string of the molecule is Cc1cc(C)c(CSCC(C)CN)c(C)c1. The summed E-state index contributed by atoms with van der Waals surface area (Å²) >= 11 is 1.99. The van der Waals surface area contributed by atoms with Gasteiger partial charge in [-0.2, -0.15) is 11.8 Å². The molecule has 0 bridgehead atoms. The van der Waals surface area contributed by atoms with Crippen molar-refractivity contribution < 1.29 is 0 Å². The fraction of sp³-hybridized carbons (Fsp3) is 0.571. The zero-order valence-corrected chi connectivity index (χ0v) is 11.7. The van der Waals surface area contributed by atoms with Gasteiger partial charge in [0.15, 0.2) is 0 Å². The van der Waals surface area contributed by atoms with E-state index in [4.69, 9.17) is 5.73 Å². The zero-order valence-electron chi connectivity index (χ0n) is 10.8. The Morgan fingerprint density at radius 3 is 2.25 bits per heavy atom. The number of hydrogen-bond acceptors (Lipinski definition) is 2. The summed E-state index contributed by atoms with van der Waals surface area (Å²) in [4.78, 5) is 0. The van der Waals surface area contributed by atoms with E-state index < -0.39 is 0 Å². The molecule has 0 radical (unpaired) electrons. The first-order valence-corrected chi connectivity index (χ1v) is 7.04. The van der Waals surface area contributed by atoms with E-state index in [9.17, 15) is 0 Å². The number of thioether (sulfide) groups is 1. The summed E-state index contributed by atoms with van der Waals surface area (Å²) in [5.41, 5.74) is 11.3. The third-order valence-electron chi connectivity index (χ3n) is 2.89. The van der Waals surface area contributed by atoms with E-state index in [1.165, 1.54) is 22.3 Å². The summed E-state index contributed by atoms with van der Waals surface area (Å²) < 4.78 is 0. The predicted molar refractivity (Wildman–Crippen MR) is 75.0 cm³/mol. The molecule has 0 aromatic heterocycles. The van der Waals surface area contributed by atoms with Gasteiger partial charge in [0.25, 0.3) is 0 Å². The number of hydrogen-bond donors (Lipinski definition) is 1. The molecule has 2 heteroatoms. The van der Waals surface area contributed by atoms with Crippen LogP contribution in [0.1, 0.15) is 29.2 Å². The Hall–Kier alpha value is -0.470. The molecule has 1 rings (SSSR count). The van der Waals surface area contributed by atoms with Crippen LogP contribution in [0.3, 0.4) is 0 Å². The average Bonchev–Trinajstić information content (AvgIpc) is 2.21. The summed E-state index contributed by atoms with van der Waals surface area (Å²) in [5, 5.41) is 0. The van der Waals surface area contributed by atoms with Crippen LogP contribution in [0.5, 0.6) is 0 Å². The third-order valence-corrected chi connectivity index (χ3v) is 4.19. The number of nitrogens with two attached hydrogens (primary N) is 1. The van der Waals surface area contributed by atoms with E-state index >= 15 is 0 Å². The van der Waals surface area contributed by atoms with Gasteiger partial charge in [-0.25, -0.2) is 0 Å². The molecule has 1 aromatic rings. The van der Waals surface area contributed by atoms with Crippen molar-refractivity contribution in [2.24, 2.45) is 11.7 Å². The summed E-state index contributed by atoms with van der Waals surface area (Å²) in [6.45, 7) is 9.58. The van der Waals surface area contributed by atoms with Crippen LogP contribution in [0.15, 0.2) is 12.1 Å². The molecule has 0 saturated carbocycles. The largest absolute Gasteiger partial charge is 0.330 e. The first-order chi connectivity index (χ1) is 7.54. The quantitative estimate of drug-likeness (QED) is 0.849. The highest BCUT2D eigenvalue weighted by Crippen LogP contribution is 2.22. The monoisotopic (exact) mass is 237 g/mol. The second-order valence-electron chi connectivity index (χ2n) is 4.73. The van der Waals surface area contributed by atoms with Crippen molar-refractivity contribution in [1.82, 2.24) is 0 Å². The topological polar surface area (TPSA) is 26.0 Å². The fourth-order valence-corrected chi connectivity index (χ4v) is 3.18. The number of benzene rings is 1. The average molecular weight is 237 g/mol.